The molecule has 148 valence electrons. The minimum absolute atomic E-state index is 0.0739. The maximum atomic E-state index is 12.4. The molecule has 0 saturated heterocycles. The zero-order valence-corrected chi connectivity index (χ0v) is 15.9. The van der Waals surface area contributed by atoms with Gasteiger partial charge < -0.3 is 14.2 Å². The Labute approximate surface area is 160 Å². The van der Waals surface area contributed by atoms with Crippen LogP contribution in [0.2, 0.25) is 5.15 Å². The summed E-state index contributed by atoms with van der Waals surface area (Å²) in [7, 11) is 1.34. The highest BCUT2D eigenvalue weighted by Gasteiger charge is 2.31. The molecule has 0 aliphatic heterocycles. The molecule has 1 aromatic heterocycles. The molecule has 0 fully saturated rings. The summed E-state index contributed by atoms with van der Waals surface area (Å²) < 4.78 is 51.8. The Morgan fingerprint density at radius 3 is 2.52 bits per heavy atom. The van der Waals surface area contributed by atoms with E-state index in [-0.39, 0.29) is 16.8 Å². The largest absolute Gasteiger partial charge is 0.573 e. The van der Waals surface area contributed by atoms with Crippen LogP contribution in [0.4, 0.5) is 13.2 Å². The molecule has 1 heterocycles. The van der Waals surface area contributed by atoms with Gasteiger partial charge in [-0.05, 0) is 25.5 Å². The number of halogens is 4. The quantitative estimate of drug-likeness (QED) is 0.537. The molecule has 9 heteroatoms. The fourth-order valence-corrected chi connectivity index (χ4v) is 2.59. The molecule has 2 aromatic rings. The minimum atomic E-state index is -4.79. The number of unbranched alkanes of at least 4 members (excludes halogenated alkanes) is 2. The van der Waals surface area contributed by atoms with E-state index < -0.39 is 12.1 Å². The molecular weight excluding hydrogens is 385 g/mol. The summed E-state index contributed by atoms with van der Waals surface area (Å²) in [5.41, 5.74) is 1.33. The van der Waals surface area contributed by atoms with E-state index >= 15 is 0 Å². The maximum Gasteiger partial charge on any atom is 0.573 e. The maximum absolute atomic E-state index is 12.4. The number of rotatable bonds is 8. The Morgan fingerprint density at radius 1 is 1.15 bits per heavy atom. The van der Waals surface area contributed by atoms with Crippen LogP contribution in [-0.4, -0.2) is 30.0 Å². The van der Waals surface area contributed by atoms with Crippen molar-refractivity contribution < 1.29 is 27.4 Å². The highest BCUT2D eigenvalue weighted by atomic mass is 35.5. The summed E-state index contributed by atoms with van der Waals surface area (Å²) in [5.74, 6) is -0.0115. The van der Waals surface area contributed by atoms with Crippen molar-refractivity contribution in [3.8, 4) is 28.6 Å². The molecule has 27 heavy (non-hydrogen) atoms. The minimum Gasteiger partial charge on any atom is -0.496 e. The van der Waals surface area contributed by atoms with Crippen LogP contribution in [0.15, 0.2) is 18.2 Å². The van der Waals surface area contributed by atoms with E-state index in [0.717, 1.165) is 25.3 Å². The molecule has 0 atom stereocenters. The molecule has 1 aromatic carbocycles. The third-order valence-corrected chi connectivity index (χ3v) is 3.89. The number of benzene rings is 1. The second kappa shape index (κ2) is 9.12. The van der Waals surface area contributed by atoms with Crippen LogP contribution in [0.3, 0.4) is 0 Å². The Kier molecular flexibility index (Phi) is 7.12. The third-order valence-electron chi connectivity index (χ3n) is 3.65. The molecule has 0 bridgehead atoms. The van der Waals surface area contributed by atoms with Crippen molar-refractivity contribution in [1.29, 1.82) is 0 Å². The molecular formula is C18H20ClF3N2O3. The number of ether oxygens (including phenoxy) is 3. The zero-order valence-electron chi connectivity index (χ0n) is 15.2. The van der Waals surface area contributed by atoms with E-state index in [4.69, 9.17) is 21.1 Å². The summed E-state index contributed by atoms with van der Waals surface area (Å²) >= 11 is 6.17. The van der Waals surface area contributed by atoms with Crippen LogP contribution >= 0.6 is 11.6 Å². The average Bonchev–Trinajstić information content (AvgIpc) is 2.60. The molecule has 0 amide bonds. The lowest BCUT2D eigenvalue weighted by Gasteiger charge is -2.15. The van der Waals surface area contributed by atoms with E-state index in [1.807, 2.05) is 0 Å². The second-order valence-electron chi connectivity index (χ2n) is 5.72. The lowest BCUT2D eigenvalue weighted by Crippen LogP contribution is -2.17. The number of aromatic nitrogens is 2. The first-order valence-electron chi connectivity index (χ1n) is 8.36. The van der Waals surface area contributed by atoms with Crippen molar-refractivity contribution in [2.75, 3.05) is 13.7 Å². The predicted octanol–water partition coefficient (Wildman–Crippen LogP) is 5.58. The van der Waals surface area contributed by atoms with Crippen molar-refractivity contribution in [3.05, 3.63) is 29.0 Å². The van der Waals surface area contributed by atoms with Gasteiger partial charge in [0.25, 0.3) is 5.88 Å². The monoisotopic (exact) mass is 404 g/mol. The summed E-state index contributed by atoms with van der Waals surface area (Å²) in [4.78, 5) is 8.61. The standard InChI is InChI=1S/C18H20ClF3N2O3/c1-4-5-6-9-26-17-16(19)24-15(11(2)23-17)13-8-7-12(10-14(13)25-3)27-18(20,21)22/h7-8,10H,4-6,9H2,1-3H3. The van der Waals surface area contributed by atoms with Gasteiger partial charge in [0.05, 0.1) is 25.1 Å². The molecule has 0 aliphatic rings. The Bertz CT molecular complexity index is 785. The number of aryl methyl sites for hydroxylation is 1. The summed E-state index contributed by atoms with van der Waals surface area (Å²) in [5, 5.41) is 0.0739. The van der Waals surface area contributed by atoms with Crippen molar-refractivity contribution in [2.45, 2.75) is 39.5 Å². The van der Waals surface area contributed by atoms with Crippen LogP contribution in [0, 0.1) is 6.92 Å². The van der Waals surface area contributed by atoms with E-state index in [0.29, 0.717) is 23.6 Å². The lowest BCUT2D eigenvalue weighted by atomic mass is 10.1. The Balaban J connectivity index is 2.30. The highest BCUT2D eigenvalue weighted by molar-refractivity contribution is 6.30. The topological polar surface area (TPSA) is 53.5 Å². The first-order chi connectivity index (χ1) is 12.7. The summed E-state index contributed by atoms with van der Waals surface area (Å²) in [6, 6.07) is 3.72. The Hall–Kier alpha value is -2.22. The summed E-state index contributed by atoms with van der Waals surface area (Å²) in [6.45, 7) is 4.27. The fourth-order valence-electron chi connectivity index (χ4n) is 2.41. The molecule has 0 unspecified atom stereocenters. The second-order valence-corrected chi connectivity index (χ2v) is 6.08. The van der Waals surface area contributed by atoms with Gasteiger partial charge >= 0.3 is 6.36 Å². The van der Waals surface area contributed by atoms with Crippen LogP contribution in [0.25, 0.3) is 11.3 Å². The van der Waals surface area contributed by atoms with Gasteiger partial charge in [0.2, 0.25) is 0 Å². The Morgan fingerprint density at radius 2 is 1.89 bits per heavy atom. The van der Waals surface area contributed by atoms with Crippen molar-refractivity contribution in [1.82, 2.24) is 9.97 Å². The molecule has 0 saturated carbocycles. The number of methoxy groups -OCH3 is 1. The van der Waals surface area contributed by atoms with Crippen molar-refractivity contribution in [3.63, 3.8) is 0 Å². The van der Waals surface area contributed by atoms with Gasteiger partial charge in [-0.2, -0.15) is 0 Å². The van der Waals surface area contributed by atoms with Gasteiger partial charge in [-0.25, -0.2) is 9.97 Å². The van der Waals surface area contributed by atoms with E-state index in [1.165, 1.54) is 19.2 Å². The summed E-state index contributed by atoms with van der Waals surface area (Å²) in [6.07, 6.45) is -1.81. The first-order valence-corrected chi connectivity index (χ1v) is 8.74. The van der Waals surface area contributed by atoms with Crippen molar-refractivity contribution >= 4 is 11.6 Å². The number of alkyl halides is 3. The van der Waals surface area contributed by atoms with Gasteiger partial charge in [-0.3, -0.25) is 0 Å². The SMILES string of the molecule is CCCCCOc1nc(C)c(-c2ccc(OC(F)(F)F)cc2OC)nc1Cl. The van der Waals surface area contributed by atoms with Gasteiger partial charge in [0, 0.05) is 11.6 Å². The van der Waals surface area contributed by atoms with Gasteiger partial charge in [0.1, 0.15) is 11.5 Å². The van der Waals surface area contributed by atoms with Gasteiger partial charge in [0.15, 0.2) is 5.15 Å². The third kappa shape index (κ3) is 5.89. The number of hydrogen-bond donors (Lipinski definition) is 0. The van der Waals surface area contributed by atoms with E-state index in [1.54, 1.807) is 6.92 Å². The molecule has 5 nitrogen and oxygen atoms in total. The molecule has 0 radical (unpaired) electrons. The molecule has 0 N–H and O–H groups in total. The molecule has 0 spiro atoms. The predicted molar refractivity (Wildman–Crippen MR) is 95.5 cm³/mol. The zero-order chi connectivity index (χ0) is 20.0. The van der Waals surface area contributed by atoms with Crippen LogP contribution < -0.4 is 14.2 Å². The van der Waals surface area contributed by atoms with Crippen molar-refractivity contribution in [2.24, 2.45) is 0 Å². The fraction of sp³-hybridized carbons (Fsp3) is 0.444. The smallest absolute Gasteiger partial charge is 0.496 e. The van der Waals surface area contributed by atoms with E-state index in [9.17, 15) is 13.2 Å². The first kappa shape index (κ1) is 21.1. The normalized spacial score (nSPS) is 11.4. The van der Waals surface area contributed by atoms with E-state index in [2.05, 4.69) is 21.6 Å². The van der Waals surface area contributed by atoms with Gasteiger partial charge in [-0.15, -0.1) is 13.2 Å². The van der Waals surface area contributed by atoms with Crippen LogP contribution in [-0.2, 0) is 0 Å². The highest BCUT2D eigenvalue weighted by Crippen LogP contribution is 2.37. The molecule has 0 aliphatic carbocycles. The lowest BCUT2D eigenvalue weighted by molar-refractivity contribution is -0.274. The number of nitrogens with zero attached hydrogens (tertiary/aromatic N) is 2. The molecule has 2 rings (SSSR count). The van der Waals surface area contributed by atoms with Gasteiger partial charge in [-0.1, -0.05) is 31.4 Å². The van der Waals surface area contributed by atoms with Crippen LogP contribution in [0.5, 0.6) is 17.4 Å². The average molecular weight is 405 g/mol. The number of hydrogen-bond acceptors (Lipinski definition) is 5. The van der Waals surface area contributed by atoms with Crippen LogP contribution in [0.1, 0.15) is 31.9 Å².